The first-order chi connectivity index (χ1) is 17.9. The van der Waals surface area contributed by atoms with Gasteiger partial charge in [0.15, 0.2) is 17.2 Å². The summed E-state index contributed by atoms with van der Waals surface area (Å²) in [6.45, 7) is 0.385. The minimum Gasteiger partial charge on any atom is -0.493 e. The third-order valence-electron chi connectivity index (χ3n) is 6.41. The molecular formula is C28H29IN2O6. The van der Waals surface area contributed by atoms with Gasteiger partial charge < -0.3 is 29.6 Å². The van der Waals surface area contributed by atoms with Crippen LogP contribution in [0.2, 0.25) is 0 Å². The normalized spacial score (nSPS) is 13.9. The summed E-state index contributed by atoms with van der Waals surface area (Å²) in [5.74, 6) is 1.75. The fourth-order valence-electron chi connectivity index (χ4n) is 4.68. The number of amides is 2. The van der Waals surface area contributed by atoms with Crippen LogP contribution in [0.15, 0.2) is 53.3 Å². The monoisotopic (exact) mass is 616 g/mol. The maximum Gasteiger partial charge on any atom is 0.315 e. The maximum absolute atomic E-state index is 13.0. The molecule has 2 amide bonds. The number of methoxy groups -OCH3 is 4. The molecule has 0 fully saturated rings. The van der Waals surface area contributed by atoms with Gasteiger partial charge in [-0.2, -0.15) is 0 Å². The topological polar surface area (TPSA) is 95.1 Å². The van der Waals surface area contributed by atoms with E-state index >= 15 is 0 Å². The smallest absolute Gasteiger partial charge is 0.315 e. The average molecular weight is 616 g/mol. The Kier molecular flexibility index (Phi) is 8.42. The van der Waals surface area contributed by atoms with Crippen LogP contribution in [0.4, 0.5) is 4.79 Å². The minimum atomic E-state index is -0.444. The van der Waals surface area contributed by atoms with Gasteiger partial charge in [-0.3, -0.25) is 4.79 Å². The number of nitrogens with one attached hydrogen (secondary N) is 2. The van der Waals surface area contributed by atoms with Gasteiger partial charge in [0, 0.05) is 12.1 Å². The Hall–Kier alpha value is -3.47. The second-order valence-corrected chi connectivity index (χ2v) is 9.53. The molecule has 0 radical (unpaired) electrons. The SMILES string of the molecule is COc1c(I)c2c(c(OC)c1OC)-c1ccc(OC)c(=O)cc1[C@@H](NC(=O)NCc1ccccc1)CC2. The maximum atomic E-state index is 13.0. The lowest BCUT2D eigenvalue weighted by atomic mass is 9.95. The number of benzene rings is 2. The van der Waals surface area contributed by atoms with Crippen molar-refractivity contribution in [1.82, 2.24) is 10.6 Å². The summed E-state index contributed by atoms with van der Waals surface area (Å²) in [6, 6.07) is 13.9. The molecule has 1 aliphatic rings. The summed E-state index contributed by atoms with van der Waals surface area (Å²) < 4.78 is 23.4. The van der Waals surface area contributed by atoms with E-state index in [1.54, 1.807) is 27.4 Å². The Morgan fingerprint density at radius 3 is 2.30 bits per heavy atom. The van der Waals surface area contributed by atoms with Gasteiger partial charge in [0.05, 0.1) is 38.1 Å². The second-order valence-electron chi connectivity index (χ2n) is 8.45. The Morgan fingerprint density at radius 2 is 1.65 bits per heavy atom. The van der Waals surface area contributed by atoms with Crippen LogP contribution in [0.1, 0.15) is 29.2 Å². The first-order valence-corrected chi connectivity index (χ1v) is 12.8. The molecule has 194 valence electrons. The molecule has 1 atom stereocenters. The Morgan fingerprint density at radius 1 is 0.946 bits per heavy atom. The largest absolute Gasteiger partial charge is 0.493 e. The summed E-state index contributed by atoms with van der Waals surface area (Å²) in [7, 11) is 6.18. The first kappa shape index (κ1) is 26.6. The first-order valence-electron chi connectivity index (χ1n) is 11.7. The molecule has 0 heterocycles. The van der Waals surface area contributed by atoms with Gasteiger partial charge >= 0.3 is 6.03 Å². The van der Waals surface area contributed by atoms with Crippen molar-refractivity contribution >= 4 is 28.6 Å². The van der Waals surface area contributed by atoms with E-state index in [4.69, 9.17) is 18.9 Å². The van der Waals surface area contributed by atoms with E-state index < -0.39 is 6.04 Å². The van der Waals surface area contributed by atoms with Crippen molar-refractivity contribution in [3.63, 3.8) is 0 Å². The zero-order valence-corrected chi connectivity index (χ0v) is 23.3. The van der Waals surface area contributed by atoms with Gasteiger partial charge in [-0.05, 0) is 69.8 Å². The summed E-state index contributed by atoms with van der Waals surface area (Å²) in [5, 5.41) is 5.99. The van der Waals surface area contributed by atoms with Crippen molar-refractivity contribution in [2.24, 2.45) is 0 Å². The highest BCUT2D eigenvalue weighted by Gasteiger charge is 2.32. The Labute approximate surface area is 229 Å². The molecule has 3 aromatic carbocycles. The average Bonchev–Trinajstić information content (AvgIpc) is 3.16. The second kappa shape index (κ2) is 11.7. The van der Waals surface area contributed by atoms with Crippen molar-refractivity contribution in [3.05, 3.63) is 79.0 Å². The molecule has 9 heteroatoms. The van der Waals surface area contributed by atoms with Crippen LogP contribution >= 0.6 is 22.6 Å². The van der Waals surface area contributed by atoms with Crippen molar-refractivity contribution < 1.29 is 23.7 Å². The quantitative estimate of drug-likeness (QED) is 0.369. The van der Waals surface area contributed by atoms with Gasteiger partial charge in [-0.15, -0.1) is 0 Å². The number of hydrogen-bond acceptors (Lipinski definition) is 6. The molecule has 0 aromatic heterocycles. The molecule has 0 saturated carbocycles. The van der Waals surface area contributed by atoms with E-state index in [0.29, 0.717) is 42.2 Å². The molecule has 8 nitrogen and oxygen atoms in total. The van der Waals surface area contributed by atoms with Crippen molar-refractivity contribution in [3.8, 4) is 34.1 Å². The number of urea groups is 1. The summed E-state index contributed by atoms with van der Waals surface area (Å²) in [6.07, 6.45) is 1.16. The highest BCUT2D eigenvalue weighted by atomic mass is 127. The molecule has 0 bridgehead atoms. The number of hydrogen-bond donors (Lipinski definition) is 2. The lowest BCUT2D eigenvalue weighted by Crippen LogP contribution is -2.37. The van der Waals surface area contributed by atoms with Gasteiger partial charge in [-0.25, -0.2) is 4.79 Å². The minimum absolute atomic E-state index is 0.205. The van der Waals surface area contributed by atoms with E-state index in [1.165, 1.54) is 13.2 Å². The fourth-order valence-corrected chi connectivity index (χ4v) is 5.68. The zero-order valence-electron chi connectivity index (χ0n) is 21.1. The van der Waals surface area contributed by atoms with E-state index in [1.807, 2.05) is 36.4 Å². The third kappa shape index (κ3) is 5.31. The lowest BCUT2D eigenvalue weighted by Gasteiger charge is -2.21. The number of carbonyl (C=O) groups is 1. The molecule has 0 aliphatic heterocycles. The fraction of sp³-hybridized carbons (Fsp3) is 0.286. The molecule has 1 aliphatic carbocycles. The van der Waals surface area contributed by atoms with Gasteiger partial charge in [0.25, 0.3) is 0 Å². The van der Waals surface area contributed by atoms with Gasteiger partial charge in [0.2, 0.25) is 11.2 Å². The van der Waals surface area contributed by atoms with Crippen molar-refractivity contribution in [2.45, 2.75) is 25.4 Å². The highest BCUT2D eigenvalue weighted by Crippen LogP contribution is 2.52. The van der Waals surface area contributed by atoms with Crippen LogP contribution in [-0.2, 0) is 13.0 Å². The lowest BCUT2D eigenvalue weighted by molar-refractivity contribution is 0.236. The van der Waals surface area contributed by atoms with E-state index in [9.17, 15) is 9.59 Å². The van der Waals surface area contributed by atoms with E-state index in [0.717, 1.165) is 25.8 Å². The summed E-state index contributed by atoms with van der Waals surface area (Å²) in [5.41, 5.74) is 3.91. The molecule has 0 spiro atoms. The predicted octanol–water partition coefficient (Wildman–Crippen LogP) is 4.84. The van der Waals surface area contributed by atoms with Gasteiger partial charge in [0.1, 0.15) is 0 Å². The van der Waals surface area contributed by atoms with E-state index in [-0.39, 0.29) is 17.2 Å². The molecule has 0 saturated heterocycles. The van der Waals surface area contributed by atoms with Crippen LogP contribution in [0.3, 0.4) is 0 Å². The Bertz CT molecular complexity index is 1360. The van der Waals surface area contributed by atoms with Crippen molar-refractivity contribution in [2.75, 3.05) is 28.4 Å². The molecular weight excluding hydrogens is 587 g/mol. The summed E-state index contributed by atoms with van der Waals surface area (Å²) in [4.78, 5) is 26.0. The summed E-state index contributed by atoms with van der Waals surface area (Å²) >= 11 is 2.25. The highest BCUT2D eigenvalue weighted by molar-refractivity contribution is 14.1. The number of halogens is 1. The van der Waals surface area contributed by atoms with Crippen LogP contribution in [0.5, 0.6) is 23.0 Å². The van der Waals surface area contributed by atoms with Crippen molar-refractivity contribution in [1.29, 1.82) is 0 Å². The number of ether oxygens (including phenoxy) is 4. The van der Waals surface area contributed by atoms with Crippen LogP contribution in [0.25, 0.3) is 11.1 Å². The Balaban J connectivity index is 1.84. The third-order valence-corrected chi connectivity index (χ3v) is 7.55. The van der Waals surface area contributed by atoms with E-state index in [2.05, 4.69) is 33.2 Å². The molecule has 4 rings (SSSR count). The molecule has 0 unspecified atom stereocenters. The zero-order chi connectivity index (χ0) is 26.5. The van der Waals surface area contributed by atoms with Crippen LogP contribution in [0, 0.1) is 3.57 Å². The standard InChI is InChI=1S/C28H29IN2O6/c1-34-22-13-11-17-19(14-21(22)32)20(31-28(33)30-15-16-8-6-5-7-9-16)12-10-18-23(17)25(35-2)27(37-4)26(36-3)24(18)29/h5-9,11,13-14,20H,10,12,15H2,1-4H3,(H2,30,31,33)/t20-/m0/s1. The van der Waals surface area contributed by atoms with Gasteiger partial charge in [-0.1, -0.05) is 36.4 Å². The predicted molar refractivity (Wildman–Crippen MR) is 150 cm³/mol. The molecule has 3 aromatic rings. The molecule has 37 heavy (non-hydrogen) atoms. The number of carbonyl (C=O) groups excluding carboxylic acids is 1. The number of fused-ring (bicyclic) bond motifs is 3. The van der Waals surface area contributed by atoms with Crippen LogP contribution < -0.4 is 35.0 Å². The number of rotatable bonds is 7. The van der Waals surface area contributed by atoms with Crippen LogP contribution in [-0.4, -0.2) is 34.5 Å². The molecule has 2 N–H and O–H groups in total.